The van der Waals surface area contributed by atoms with Crippen molar-refractivity contribution >= 4 is 44.1 Å². The van der Waals surface area contributed by atoms with E-state index >= 15 is 0 Å². The van der Waals surface area contributed by atoms with Gasteiger partial charge in [-0.15, -0.1) is 0 Å². The largest absolute Gasteiger partial charge is 0.444 e. The Balaban J connectivity index is 2.61. The smallest absolute Gasteiger partial charge is 0.414 e. The SMILES string of the molecule is CN1C(NC(=O)OC(C)(C)C)=N[C@](C)(c2cc(/C=C(\F)Br)cc(F)c2F)CS1(=O)=O. The van der Waals surface area contributed by atoms with Gasteiger partial charge in [0.1, 0.15) is 11.1 Å². The number of amides is 1. The van der Waals surface area contributed by atoms with Gasteiger partial charge in [-0.3, -0.25) is 5.32 Å². The Hall–Kier alpha value is -2.08. The first-order valence-electron chi connectivity index (χ1n) is 8.63. The van der Waals surface area contributed by atoms with Crippen LogP contribution in [0.3, 0.4) is 0 Å². The van der Waals surface area contributed by atoms with E-state index in [1.165, 1.54) is 6.92 Å². The van der Waals surface area contributed by atoms with Gasteiger partial charge >= 0.3 is 6.09 Å². The number of ether oxygens (including phenoxy) is 1. The minimum atomic E-state index is -4.08. The Morgan fingerprint density at radius 1 is 1.37 bits per heavy atom. The number of alkyl carbamates (subject to hydrolysis) is 1. The standard InChI is InChI=1S/C18H21BrF3N3O4S/c1-17(2,3)29-16(26)23-15-24-18(4,9-30(27,28)25(15)5)11-6-10(8-13(19)21)7-12(20)14(11)22/h6-8H,9H2,1-5H3,(H,23,24,26)/b13-8-/t18-/m0/s1. The zero-order chi connectivity index (χ0) is 23.1. The maximum atomic E-state index is 14.6. The first-order valence-corrected chi connectivity index (χ1v) is 11.0. The van der Waals surface area contributed by atoms with Gasteiger partial charge in [-0.25, -0.2) is 31.3 Å². The van der Waals surface area contributed by atoms with Crippen molar-refractivity contribution in [3.05, 3.63) is 39.6 Å². The van der Waals surface area contributed by atoms with Gasteiger partial charge in [0.2, 0.25) is 16.0 Å². The molecule has 0 spiro atoms. The van der Waals surface area contributed by atoms with E-state index in [2.05, 4.69) is 26.2 Å². The first-order chi connectivity index (χ1) is 13.5. The van der Waals surface area contributed by atoms with Crippen LogP contribution in [-0.4, -0.2) is 43.2 Å². The van der Waals surface area contributed by atoms with E-state index in [1.807, 2.05) is 0 Å². The number of nitrogens with zero attached hydrogens (tertiary/aromatic N) is 2. The van der Waals surface area contributed by atoms with Crippen LogP contribution in [0.2, 0.25) is 0 Å². The van der Waals surface area contributed by atoms with E-state index in [0.29, 0.717) is 0 Å². The zero-order valence-electron chi connectivity index (χ0n) is 16.9. The van der Waals surface area contributed by atoms with E-state index in [-0.39, 0.29) is 5.56 Å². The van der Waals surface area contributed by atoms with Crippen LogP contribution in [0.15, 0.2) is 21.9 Å². The molecule has 1 heterocycles. The quantitative estimate of drug-likeness (QED) is 0.649. The normalized spacial score (nSPS) is 21.8. The van der Waals surface area contributed by atoms with Crippen molar-refractivity contribution < 1.29 is 31.1 Å². The van der Waals surface area contributed by atoms with Crippen LogP contribution < -0.4 is 5.32 Å². The van der Waals surface area contributed by atoms with Gasteiger partial charge in [-0.1, -0.05) is 0 Å². The summed E-state index contributed by atoms with van der Waals surface area (Å²) in [6, 6.07) is 1.85. The molecular formula is C18H21BrF3N3O4S. The van der Waals surface area contributed by atoms with Crippen LogP contribution in [0.25, 0.3) is 6.08 Å². The van der Waals surface area contributed by atoms with E-state index in [1.54, 1.807) is 20.8 Å². The highest BCUT2D eigenvalue weighted by atomic mass is 79.9. The molecule has 166 valence electrons. The van der Waals surface area contributed by atoms with Gasteiger partial charge in [-0.2, -0.15) is 4.39 Å². The lowest BCUT2D eigenvalue weighted by Crippen LogP contribution is -2.54. The molecule has 12 heteroatoms. The molecule has 0 bridgehead atoms. The molecule has 0 saturated carbocycles. The maximum Gasteiger partial charge on any atom is 0.414 e. The highest BCUT2D eigenvalue weighted by Gasteiger charge is 2.43. The Kier molecular flexibility index (Phi) is 6.62. The number of halogens is 4. The van der Waals surface area contributed by atoms with Crippen LogP contribution >= 0.6 is 15.9 Å². The maximum absolute atomic E-state index is 14.6. The predicted molar refractivity (Wildman–Crippen MR) is 110 cm³/mol. The third-order valence-corrected chi connectivity index (χ3v) is 6.21. The highest BCUT2D eigenvalue weighted by molar-refractivity contribution is 9.11. The van der Waals surface area contributed by atoms with Crippen molar-refractivity contribution in [1.29, 1.82) is 0 Å². The fourth-order valence-corrected chi connectivity index (χ4v) is 4.51. The lowest BCUT2D eigenvalue weighted by Gasteiger charge is -2.36. The fourth-order valence-electron chi connectivity index (χ4n) is 2.77. The lowest BCUT2D eigenvalue weighted by molar-refractivity contribution is 0.0559. The van der Waals surface area contributed by atoms with Crippen molar-refractivity contribution in [1.82, 2.24) is 9.62 Å². The molecule has 1 aromatic carbocycles. The second-order valence-electron chi connectivity index (χ2n) is 7.86. The molecule has 1 aliphatic heterocycles. The van der Waals surface area contributed by atoms with Gasteiger partial charge in [0, 0.05) is 12.6 Å². The summed E-state index contributed by atoms with van der Waals surface area (Å²) in [5.74, 6) is -3.77. The molecule has 0 saturated heterocycles. The van der Waals surface area contributed by atoms with E-state index in [0.717, 1.165) is 29.6 Å². The van der Waals surface area contributed by atoms with Crippen molar-refractivity contribution in [2.75, 3.05) is 12.8 Å². The number of rotatable bonds is 2. The summed E-state index contributed by atoms with van der Waals surface area (Å²) in [4.78, 5) is 16.3. The Morgan fingerprint density at radius 3 is 2.50 bits per heavy atom. The molecule has 1 aliphatic rings. The monoisotopic (exact) mass is 511 g/mol. The third kappa shape index (κ3) is 5.54. The minimum absolute atomic E-state index is 0.0484. The van der Waals surface area contributed by atoms with Crippen molar-refractivity contribution in [2.45, 2.75) is 38.8 Å². The number of hydrogen-bond acceptors (Lipinski definition) is 5. The predicted octanol–water partition coefficient (Wildman–Crippen LogP) is 4.00. The summed E-state index contributed by atoms with van der Waals surface area (Å²) < 4.78 is 72.2. The van der Waals surface area contributed by atoms with E-state index in [9.17, 15) is 26.4 Å². The molecule has 30 heavy (non-hydrogen) atoms. The molecule has 1 N–H and O–H groups in total. The molecule has 7 nitrogen and oxygen atoms in total. The molecule has 0 aliphatic carbocycles. The molecule has 0 fully saturated rings. The van der Waals surface area contributed by atoms with E-state index < -0.39 is 60.9 Å². The number of carbonyl (C=O) groups is 1. The third-order valence-electron chi connectivity index (χ3n) is 4.05. The molecule has 1 atom stereocenters. The summed E-state index contributed by atoms with van der Waals surface area (Å²) >= 11 is 2.56. The summed E-state index contributed by atoms with van der Waals surface area (Å²) in [5, 5.41) is 2.23. The zero-order valence-corrected chi connectivity index (χ0v) is 19.3. The van der Waals surface area contributed by atoms with E-state index in [4.69, 9.17) is 4.74 Å². The van der Waals surface area contributed by atoms with Crippen LogP contribution in [-0.2, 0) is 20.3 Å². The second kappa shape index (κ2) is 8.22. The average molecular weight is 512 g/mol. The minimum Gasteiger partial charge on any atom is -0.444 e. The van der Waals surface area contributed by atoms with Gasteiger partial charge in [0.25, 0.3) is 0 Å². The van der Waals surface area contributed by atoms with Crippen molar-refractivity contribution in [3.63, 3.8) is 0 Å². The average Bonchev–Trinajstić information content (AvgIpc) is 2.52. The number of carbonyl (C=O) groups excluding carboxylic acids is 1. The molecule has 0 aromatic heterocycles. The van der Waals surface area contributed by atoms with Crippen LogP contribution in [0.4, 0.5) is 18.0 Å². The lowest BCUT2D eigenvalue weighted by atomic mass is 9.92. The molecule has 1 aromatic rings. The number of nitrogens with one attached hydrogen (secondary N) is 1. The number of hydrogen-bond donors (Lipinski definition) is 1. The molecule has 0 radical (unpaired) electrons. The van der Waals surface area contributed by atoms with Gasteiger partial charge in [-0.05, 0) is 67.4 Å². The summed E-state index contributed by atoms with van der Waals surface area (Å²) in [6.07, 6.45) is -0.0835. The van der Waals surface area contributed by atoms with Crippen LogP contribution in [0, 0.1) is 11.6 Å². The molecular weight excluding hydrogens is 491 g/mol. The molecule has 0 unspecified atom stereocenters. The number of benzene rings is 1. The Labute approximate surface area is 181 Å². The highest BCUT2D eigenvalue weighted by Crippen LogP contribution is 2.35. The summed E-state index contributed by atoms with van der Waals surface area (Å²) in [7, 11) is -2.92. The van der Waals surface area contributed by atoms with Crippen molar-refractivity contribution in [3.8, 4) is 0 Å². The second-order valence-corrected chi connectivity index (χ2v) is 10.6. The Morgan fingerprint density at radius 2 is 1.97 bits per heavy atom. The van der Waals surface area contributed by atoms with Crippen LogP contribution in [0.1, 0.15) is 38.8 Å². The summed E-state index contributed by atoms with van der Waals surface area (Å²) in [5.41, 5.74) is -3.14. The molecule has 1 amide bonds. The topological polar surface area (TPSA) is 88.1 Å². The number of guanidine groups is 1. The number of sulfonamides is 1. The molecule has 2 rings (SSSR count). The Bertz CT molecular complexity index is 1030. The van der Waals surface area contributed by atoms with Gasteiger partial charge < -0.3 is 4.74 Å². The number of aliphatic imine (C=N–C) groups is 1. The van der Waals surface area contributed by atoms with Gasteiger partial charge in [0.05, 0.1) is 5.75 Å². The van der Waals surface area contributed by atoms with Gasteiger partial charge in [0.15, 0.2) is 16.4 Å². The van der Waals surface area contributed by atoms with Crippen LogP contribution in [0.5, 0.6) is 0 Å². The summed E-state index contributed by atoms with van der Waals surface area (Å²) in [6.45, 7) is 6.10. The fraction of sp³-hybridized carbons (Fsp3) is 0.444. The first kappa shape index (κ1) is 24.2. The van der Waals surface area contributed by atoms with Crippen molar-refractivity contribution in [2.24, 2.45) is 4.99 Å².